The van der Waals surface area contributed by atoms with Crippen molar-refractivity contribution in [2.24, 2.45) is 0 Å². The molecule has 3 aromatic rings. The summed E-state index contributed by atoms with van der Waals surface area (Å²) >= 11 is 0. The van der Waals surface area contributed by atoms with E-state index in [0.717, 1.165) is 23.1 Å². The van der Waals surface area contributed by atoms with Crippen LogP contribution in [0.1, 0.15) is 83.7 Å². The first-order chi connectivity index (χ1) is 21.5. The van der Waals surface area contributed by atoms with Gasteiger partial charge < -0.3 is 14.6 Å². The Hall–Kier alpha value is -4.48. The second-order valence-corrected chi connectivity index (χ2v) is 9.83. The van der Waals surface area contributed by atoms with E-state index in [9.17, 15) is 14.4 Å². The zero-order valence-corrected chi connectivity index (χ0v) is 27.8. The van der Waals surface area contributed by atoms with Crippen LogP contribution in [0.4, 0.5) is 0 Å². The molecule has 0 radical (unpaired) electrons. The lowest BCUT2D eigenvalue weighted by Gasteiger charge is -2.22. The van der Waals surface area contributed by atoms with Crippen LogP contribution in [0, 0.1) is 0 Å². The van der Waals surface area contributed by atoms with Crippen LogP contribution in [0.25, 0.3) is 0 Å². The first-order valence-electron chi connectivity index (χ1n) is 14.7. The molecule has 0 aliphatic carbocycles. The van der Waals surface area contributed by atoms with Gasteiger partial charge in [-0.2, -0.15) is 0 Å². The van der Waals surface area contributed by atoms with Gasteiger partial charge in [0.05, 0.1) is 19.1 Å². The highest BCUT2D eigenvalue weighted by atomic mass is 16.5. The smallest absolute Gasteiger partial charge is 0.327 e. The number of esters is 2. The normalized spacial score (nSPS) is 11.4. The average Bonchev–Trinajstić information content (AvgIpc) is 3.03. The maximum atomic E-state index is 11.7. The molecule has 0 bridgehead atoms. The van der Waals surface area contributed by atoms with Crippen LogP contribution in [-0.4, -0.2) is 89.2 Å². The number of likely N-dealkylation sites (N-methyl/N-ethyl adjacent to an activating group) is 2. The quantitative estimate of drug-likeness (QED) is 0.176. The van der Waals surface area contributed by atoms with Gasteiger partial charge in [0.2, 0.25) is 0 Å². The standard InChI is InChI=1S/C11H16N2O2.C10H13NO2.C9H12N2O2.C4H8.2CH4/c1-4-15-11(14)10(13(2)3)9-5-7-12-8-6-9;1-3-13-10(12)8(2)9-4-6-11-7-5-9;1-11(2)8(9(12)13)7-3-5-10-6-4-7;1-3-4-2;;/h5-8,10H,4H2,1-3H3;4-8H,3H2,1-2H3;3-6,8H,1-2H3,(H,12,13);3H,1,4H2,2H3;2*1H4. The second-order valence-electron chi connectivity index (χ2n) is 9.83. The van der Waals surface area contributed by atoms with Gasteiger partial charge in [-0.1, -0.05) is 27.9 Å². The van der Waals surface area contributed by atoms with Crippen LogP contribution in [0.15, 0.2) is 86.2 Å². The minimum atomic E-state index is -0.851. The van der Waals surface area contributed by atoms with E-state index in [4.69, 9.17) is 14.6 Å². The molecular formula is C36H57N5O6. The molecule has 0 aliphatic rings. The van der Waals surface area contributed by atoms with E-state index < -0.39 is 12.0 Å². The summed E-state index contributed by atoms with van der Waals surface area (Å²) in [6.45, 7) is 11.8. The summed E-state index contributed by atoms with van der Waals surface area (Å²) in [5.74, 6) is -1.47. The van der Waals surface area contributed by atoms with E-state index in [1.807, 2.05) is 56.3 Å². The molecule has 3 atom stereocenters. The van der Waals surface area contributed by atoms with E-state index in [-0.39, 0.29) is 38.8 Å². The van der Waals surface area contributed by atoms with Gasteiger partial charge in [-0.15, -0.1) is 6.58 Å². The van der Waals surface area contributed by atoms with E-state index in [1.54, 1.807) is 82.2 Å². The van der Waals surface area contributed by atoms with Gasteiger partial charge in [-0.25, -0.2) is 4.79 Å². The largest absolute Gasteiger partial charge is 0.480 e. The van der Waals surface area contributed by atoms with Gasteiger partial charge in [0, 0.05) is 37.2 Å². The molecule has 0 aromatic carbocycles. The summed E-state index contributed by atoms with van der Waals surface area (Å²) in [5.41, 5.74) is 2.58. The highest BCUT2D eigenvalue weighted by Gasteiger charge is 2.24. The molecule has 47 heavy (non-hydrogen) atoms. The Bertz CT molecular complexity index is 1230. The predicted molar refractivity (Wildman–Crippen MR) is 189 cm³/mol. The summed E-state index contributed by atoms with van der Waals surface area (Å²) in [7, 11) is 7.17. The molecule has 3 heterocycles. The third-order valence-electron chi connectivity index (χ3n) is 5.96. The van der Waals surface area contributed by atoms with Crippen LogP contribution in [0.3, 0.4) is 0 Å². The van der Waals surface area contributed by atoms with Crippen molar-refractivity contribution in [2.75, 3.05) is 41.4 Å². The Morgan fingerprint density at radius 1 is 0.702 bits per heavy atom. The third-order valence-corrected chi connectivity index (χ3v) is 5.96. The maximum absolute atomic E-state index is 11.7. The van der Waals surface area contributed by atoms with Crippen molar-refractivity contribution in [3.8, 4) is 0 Å². The van der Waals surface area contributed by atoms with Gasteiger partial charge in [0.1, 0.15) is 12.1 Å². The van der Waals surface area contributed by atoms with E-state index in [0.29, 0.717) is 13.2 Å². The van der Waals surface area contributed by atoms with Crippen molar-refractivity contribution < 1.29 is 29.0 Å². The number of rotatable bonds is 11. The Morgan fingerprint density at radius 2 is 1.02 bits per heavy atom. The minimum Gasteiger partial charge on any atom is -0.480 e. The molecule has 0 fully saturated rings. The van der Waals surface area contributed by atoms with E-state index >= 15 is 0 Å². The number of nitrogens with zero attached hydrogens (tertiary/aromatic N) is 5. The fourth-order valence-electron chi connectivity index (χ4n) is 3.67. The van der Waals surface area contributed by atoms with Crippen molar-refractivity contribution in [3.05, 3.63) is 103 Å². The molecule has 1 N–H and O–H groups in total. The number of carboxylic acid groups (broad SMARTS) is 1. The van der Waals surface area contributed by atoms with E-state index in [2.05, 4.69) is 28.5 Å². The predicted octanol–water partition coefficient (Wildman–Crippen LogP) is 6.62. The van der Waals surface area contributed by atoms with Crippen LogP contribution < -0.4 is 0 Å². The van der Waals surface area contributed by atoms with Gasteiger partial charge >= 0.3 is 17.9 Å². The highest BCUT2D eigenvalue weighted by molar-refractivity contribution is 5.78. The molecule has 11 heteroatoms. The fraction of sp³-hybridized carbons (Fsp3) is 0.444. The lowest BCUT2D eigenvalue weighted by molar-refractivity contribution is -0.149. The summed E-state index contributed by atoms with van der Waals surface area (Å²) in [6.07, 6.45) is 12.8. The van der Waals surface area contributed by atoms with Crippen molar-refractivity contribution in [3.63, 3.8) is 0 Å². The summed E-state index contributed by atoms with van der Waals surface area (Å²) in [4.78, 5) is 49.0. The fourth-order valence-corrected chi connectivity index (χ4v) is 3.67. The molecule has 0 aliphatic heterocycles. The number of ether oxygens (including phenoxy) is 2. The molecular weight excluding hydrogens is 598 g/mol. The third kappa shape index (κ3) is 18.9. The highest BCUT2D eigenvalue weighted by Crippen LogP contribution is 2.19. The Morgan fingerprint density at radius 3 is 1.32 bits per heavy atom. The zero-order chi connectivity index (χ0) is 34.2. The minimum absolute atomic E-state index is 0. The number of hydrogen-bond acceptors (Lipinski definition) is 10. The molecule has 262 valence electrons. The molecule has 0 saturated heterocycles. The first-order valence-corrected chi connectivity index (χ1v) is 14.7. The molecule has 0 spiro atoms. The lowest BCUT2D eigenvalue weighted by atomic mass is 10.0. The van der Waals surface area contributed by atoms with Crippen molar-refractivity contribution >= 4 is 17.9 Å². The van der Waals surface area contributed by atoms with Gasteiger partial charge in [0.15, 0.2) is 0 Å². The van der Waals surface area contributed by atoms with Crippen LogP contribution in [-0.2, 0) is 23.9 Å². The SMILES string of the molecule is C.C.C=CCC.CCOC(=O)C(C)c1ccncc1.CCOC(=O)C(c1ccncc1)N(C)C.CN(C)C(C(=O)O)c1ccncc1. The van der Waals surface area contributed by atoms with Crippen molar-refractivity contribution in [2.45, 2.75) is 67.0 Å². The molecule has 3 rings (SSSR count). The molecule has 3 unspecified atom stereocenters. The van der Waals surface area contributed by atoms with E-state index in [1.165, 1.54) is 0 Å². The van der Waals surface area contributed by atoms with Crippen molar-refractivity contribution in [1.29, 1.82) is 0 Å². The Balaban J connectivity index is -0.000000573. The number of pyridine rings is 3. The number of hydrogen-bond donors (Lipinski definition) is 1. The van der Waals surface area contributed by atoms with Gasteiger partial charge in [-0.3, -0.25) is 34.3 Å². The summed E-state index contributed by atoms with van der Waals surface area (Å²) in [6, 6.07) is 9.75. The summed E-state index contributed by atoms with van der Waals surface area (Å²) in [5, 5.41) is 8.94. The average molecular weight is 656 g/mol. The van der Waals surface area contributed by atoms with Gasteiger partial charge in [-0.05, 0) is 108 Å². The molecule has 11 nitrogen and oxygen atoms in total. The topological polar surface area (TPSA) is 135 Å². The zero-order valence-electron chi connectivity index (χ0n) is 27.8. The molecule has 0 saturated carbocycles. The number of carbonyl (C=O) groups excluding carboxylic acids is 2. The number of carboxylic acids is 1. The number of aliphatic carboxylic acids is 1. The second kappa shape index (κ2) is 27.8. The number of carbonyl (C=O) groups is 3. The first kappa shape index (κ1) is 46.9. The van der Waals surface area contributed by atoms with Crippen LogP contribution in [0.5, 0.6) is 0 Å². The maximum Gasteiger partial charge on any atom is 0.327 e. The Kier molecular flexibility index (Phi) is 27.8. The number of allylic oxidation sites excluding steroid dienone is 1. The number of aromatic nitrogens is 3. The van der Waals surface area contributed by atoms with Crippen LogP contribution >= 0.6 is 0 Å². The molecule has 0 amide bonds. The van der Waals surface area contributed by atoms with Crippen LogP contribution in [0.2, 0.25) is 0 Å². The van der Waals surface area contributed by atoms with Crippen molar-refractivity contribution in [1.82, 2.24) is 24.8 Å². The lowest BCUT2D eigenvalue weighted by Crippen LogP contribution is -2.29. The summed E-state index contributed by atoms with van der Waals surface area (Å²) < 4.78 is 9.92. The molecule has 3 aromatic heterocycles. The Labute approximate surface area is 282 Å². The van der Waals surface area contributed by atoms with Gasteiger partial charge in [0.25, 0.3) is 0 Å². The monoisotopic (exact) mass is 655 g/mol.